The van der Waals surface area contributed by atoms with Gasteiger partial charge < -0.3 is 4.90 Å². The lowest BCUT2D eigenvalue weighted by atomic mass is 10.1. The third kappa shape index (κ3) is 3.45. The highest BCUT2D eigenvalue weighted by atomic mass is 35.5. The predicted octanol–water partition coefficient (Wildman–Crippen LogP) is 2.28. The van der Waals surface area contributed by atoms with Gasteiger partial charge in [-0.25, -0.2) is 8.42 Å². The average molecular weight is 345 g/mol. The molecule has 0 aromatic heterocycles. The number of sulfonamides is 1. The van der Waals surface area contributed by atoms with Crippen molar-refractivity contribution in [3.05, 3.63) is 28.8 Å². The van der Waals surface area contributed by atoms with Crippen LogP contribution in [0.1, 0.15) is 25.3 Å². The lowest BCUT2D eigenvalue weighted by Crippen LogP contribution is -2.46. The molecule has 0 aliphatic carbocycles. The summed E-state index contributed by atoms with van der Waals surface area (Å²) >= 11 is 5.89. The molecule has 1 aromatic carbocycles. The van der Waals surface area contributed by atoms with Crippen LogP contribution >= 0.6 is 11.6 Å². The van der Waals surface area contributed by atoms with Gasteiger partial charge in [0.1, 0.15) is 0 Å². The maximum atomic E-state index is 12.7. The van der Waals surface area contributed by atoms with E-state index in [4.69, 9.17) is 11.6 Å². The second-order valence-electron chi connectivity index (χ2n) is 5.68. The zero-order valence-electron chi connectivity index (χ0n) is 13.0. The van der Waals surface area contributed by atoms with Crippen LogP contribution in [0, 0.1) is 6.92 Å². The van der Waals surface area contributed by atoms with E-state index < -0.39 is 10.0 Å². The van der Waals surface area contributed by atoms with Gasteiger partial charge in [-0.05, 0) is 43.5 Å². The molecule has 0 unspecified atom stereocenters. The van der Waals surface area contributed by atoms with Gasteiger partial charge in [-0.3, -0.25) is 4.79 Å². The standard InChI is InChI=1S/C15H21ClN2O3S/c1-11-10-13(16)4-5-15(11)22(20,21)18-8-6-14(7-9-18)17(3)12(2)19/h4-5,10,14H,6-9H2,1-3H3. The third-order valence-electron chi connectivity index (χ3n) is 4.22. The molecule has 0 spiro atoms. The van der Waals surface area contributed by atoms with Crippen LogP contribution in [0.5, 0.6) is 0 Å². The number of benzene rings is 1. The Bertz CT molecular complexity index is 667. The van der Waals surface area contributed by atoms with Crippen molar-refractivity contribution >= 4 is 27.5 Å². The molecule has 0 saturated carbocycles. The molecule has 1 amide bonds. The van der Waals surface area contributed by atoms with Crippen molar-refractivity contribution in [1.82, 2.24) is 9.21 Å². The van der Waals surface area contributed by atoms with Crippen LogP contribution in [0.25, 0.3) is 0 Å². The minimum atomic E-state index is -3.51. The van der Waals surface area contributed by atoms with Crippen LogP contribution in [-0.2, 0) is 14.8 Å². The van der Waals surface area contributed by atoms with E-state index in [-0.39, 0.29) is 11.9 Å². The minimum Gasteiger partial charge on any atom is -0.343 e. The summed E-state index contributed by atoms with van der Waals surface area (Å²) < 4.78 is 27.0. The van der Waals surface area contributed by atoms with Gasteiger partial charge in [0.05, 0.1) is 4.90 Å². The van der Waals surface area contributed by atoms with E-state index in [1.54, 1.807) is 37.1 Å². The predicted molar refractivity (Wildman–Crippen MR) is 86.4 cm³/mol. The van der Waals surface area contributed by atoms with E-state index in [1.807, 2.05) is 0 Å². The summed E-state index contributed by atoms with van der Waals surface area (Å²) in [5.74, 6) is 0.00912. The van der Waals surface area contributed by atoms with Crippen LogP contribution in [0.3, 0.4) is 0 Å². The molecular weight excluding hydrogens is 324 g/mol. The van der Waals surface area contributed by atoms with Crippen molar-refractivity contribution in [2.45, 2.75) is 37.6 Å². The molecule has 122 valence electrons. The monoisotopic (exact) mass is 344 g/mol. The second-order valence-corrected chi connectivity index (χ2v) is 8.02. The number of aryl methyl sites for hydroxylation is 1. The fourth-order valence-corrected chi connectivity index (χ4v) is 4.67. The van der Waals surface area contributed by atoms with Crippen LogP contribution in [0.15, 0.2) is 23.1 Å². The third-order valence-corrected chi connectivity index (χ3v) is 6.52. The number of piperidine rings is 1. The van der Waals surface area contributed by atoms with E-state index in [1.165, 1.54) is 11.2 Å². The number of nitrogens with zero attached hydrogens (tertiary/aromatic N) is 2. The highest BCUT2D eigenvalue weighted by Crippen LogP contribution is 2.26. The van der Waals surface area contributed by atoms with Crippen LogP contribution in [0.2, 0.25) is 5.02 Å². The van der Waals surface area contributed by atoms with Gasteiger partial charge >= 0.3 is 0 Å². The number of hydrogen-bond donors (Lipinski definition) is 0. The zero-order valence-corrected chi connectivity index (χ0v) is 14.6. The van der Waals surface area contributed by atoms with Crippen molar-refractivity contribution in [1.29, 1.82) is 0 Å². The fourth-order valence-electron chi connectivity index (χ4n) is 2.77. The molecule has 1 aromatic rings. The molecule has 22 heavy (non-hydrogen) atoms. The quantitative estimate of drug-likeness (QED) is 0.845. The zero-order chi connectivity index (χ0) is 16.5. The maximum absolute atomic E-state index is 12.7. The van der Waals surface area contributed by atoms with Crippen LogP contribution < -0.4 is 0 Å². The average Bonchev–Trinajstić information content (AvgIpc) is 2.46. The van der Waals surface area contributed by atoms with Crippen LogP contribution in [0.4, 0.5) is 0 Å². The van der Waals surface area contributed by atoms with Gasteiger partial charge in [0.15, 0.2) is 0 Å². The lowest BCUT2D eigenvalue weighted by Gasteiger charge is -2.35. The Morgan fingerprint density at radius 3 is 2.41 bits per heavy atom. The SMILES string of the molecule is CC(=O)N(C)C1CCN(S(=O)(=O)c2ccc(Cl)cc2C)CC1. The van der Waals surface area contributed by atoms with Gasteiger partial charge in [0.25, 0.3) is 0 Å². The molecule has 0 N–H and O–H groups in total. The summed E-state index contributed by atoms with van der Waals surface area (Å²) in [5, 5.41) is 0.526. The van der Waals surface area contributed by atoms with Gasteiger partial charge in [-0.15, -0.1) is 0 Å². The van der Waals surface area contributed by atoms with Gasteiger partial charge in [0.2, 0.25) is 15.9 Å². The molecule has 1 saturated heterocycles. The van der Waals surface area contributed by atoms with Crippen molar-refractivity contribution < 1.29 is 13.2 Å². The summed E-state index contributed by atoms with van der Waals surface area (Å²) in [6.45, 7) is 4.12. The summed E-state index contributed by atoms with van der Waals surface area (Å²) in [4.78, 5) is 13.4. The fraction of sp³-hybridized carbons (Fsp3) is 0.533. The van der Waals surface area contributed by atoms with E-state index in [0.717, 1.165) is 0 Å². The molecule has 1 fully saturated rings. The van der Waals surface area contributed by atoms with Gasteiger partial charge in [0, 0.05) is 38.1 Å². The Hall–Kier alpha value is -1.11. The van der Waals surface area contributed by atoms with E-state index >= 15 is 0 Å². The highest BCUT2D eigenvalue weighted by molar-refractivity contribution is 7.89. The summed E-state index contributed by atoms with van der Waals surface area (Å²) in [5.41, 5.74) is 0.649. The molecule has 7 heteroatoms. The second kappa shape index (κ2) is 6.56. The van der Waals surface area contributed by atoms with Gasteiger partial charge in [-0.2, -0.15) is 4.31 Å². The normalized spacial score (nSPS) is 17.5. The topological polar surface area (TPSA) is 57.7 Å². The molecule has 1 heterocycles. The van der Waals surface area contributed by atoms with E-state index in [2.05, 4.69) is 0 Å². The molecule has 5 nitrogen and oxygen atoms in total. The highest BCUT2D eigenvalue weighted by Gasteiger charge is 2.32. The molecule has 2 rings (SSSR count). The number of amides is 1. The molecule has 1 aliphatic rings. The first kappa shape index (κ1) is 17.2. The Morgan fingerprint density at radius 2 is 1.91 bits per heavy atom. The Morgan fingerprint density at radius 1 is 1.32 bits per heavy atom. The van der Waals surface area contributed by atoms with Gasteiger partial charge in [-0.1, -0.05) is 11.6 Å². The Labute approximate surface area is 136 Å². The summed E-state index contributed by atoms with van der Waals surface area (Å²) in [7, 11) is -1.74. The molecule has 1 aliphatic heterocycles. The van der Waals surface area contributed by atoms with Crippen molar-refractivity contribution in [3.8, 4) is 0 Å². The van der Waals surface area contributed by atoms with E-state index in [9.17, 15) is 13.2 Å². The van der Waals surface area contributed by atoms with Crippen molar-refractivity contribution in [3.63, 3.8) is 0 Å². The molecule has 0 bridgehead atoms. The summed E-state index contributed by atoms with van der Waals surface area (Å²) in [6.07, 6.45) is 1.31. The number of halogens is 1. The molecule has 0 atom stereocenters. The van der Waals surface area contributed by atoms with Crippen LogP contribution in [-0.4, -0.2) is 49.7 Å². The molecule has 0 radical (unpaired) electrons. The smallest absolute Gasteiger partial charge is 0.243 e. The minimum absolute atomic E-state index is 0.00912. The molecular formula is C15H21ClN2O3S. The number of carbonyl (C=O) groups is 1. The van der Waals surface area contributed by atoms with E-state index in [0.29, 0.717) is 41.4 Å². The maximum Gasteiger partial charge on any atom is 0.243 e. The largest absolute Gasteiger partial charge is 0.343 e. The number of hydrogen-bond acceptors (Lipinski definition) is 3. The van der Waals surface area contributed by atoms with Crippen molar-refractivity contribution in [2.75, 3.05) is 20.1 Å². The summed E-state index contributed by atoms with van der Waals surface area (Å²) in [6, 6.07) is 4.92. The number of rotatable bonds is 3. The first-order valence-corrected chi connectivity index (χ1v) is 9.05. The number of carbonyl (C=O) groups excluding carboxylic acids is 1. The van der Waals surface area contributed by atoms with Crippen molar-refractivity contribution in [2.24, 2.45) is 0 Å². The first-order valence-electron chi connectivity index (χ1n) is 7.23. The lowest BCUT2D eigenvalue weighted by molar-refractivity contribution is -0.130. The Balaban J connectivity index is 2.14. The Kier molecular flexibility index (Phi) is 5.14. The first-order chi connectivity index (χ1) is 10.2.